The van der Waals surface area contributed by atoms with E-state index in [4.69, 9.17) is 19.9 Å². The molecule has 0 atom stereocenters. The van der Waals surface area contributed by atoms with Crippen LogP contribution in [-0.2, 0) is 0 Å². The molecule has 2 rings (SSSR count). The smallest absolute Gasteiger partial charge is 0.268 e. The number of nitrogens with zero attached hydrogens (tertiary/aromatic N) is 2. The largest absolute Gasteiger partial charge is 0.496 e. The van der Waals surface area contributed by atoms with Crippen LogP contribution in [0.5, 0.6) is 17.2 Å². The van der Waals surface area contributed by atoms with Crippen LogP contribution in [0.15, 0.2) is 16.9 Å². The zero-order valence-electron chi connectivity index (χ0n) is 13.3. The van der Waals surface area contributed by atoms with E-state index >= 15 is 0 Å². The average molecular weight is 326 g/mol. The molecule has 1 aromatic heterocycles. The average Bonchev–Trinajstić information content (AvgIpc) is 2.59. The predicted molar refractivity (Wildman–Crippen MR) is 86.0 cm³/mol. The predicted octanol–water partition coefficient (Wildman–Crippen LogP) is 1.39. The number of aromatic nitrogens is 1. The fraction of sp³-hybridized carbons (Fsp3) is 0.188. The molecule has 2 aromatic rings. The van der Waals surface area contributed by atoms with Gasteiger partial charge in [-0.1, -0.05) is 0 Å². The molecule has 0 saturated heterocycles. The second-order valence-electron chi connectivity index (χ2n) is 4.62. The van der Waals surface area contributed by atoms with E-state index in [2.05, 4.69) is 4.98 Å². The maximum absolute atomic E-state index is 12.0. The number of rotatable bonds is 4. The van der Waals surface area contributed by atoms with Crippen molar-refractivity contribution in [2.45, 2.75) is 0 Å². The summed E-state index contributed by atoms with van der Waals surface area (Å²) in [5.74, 6) is 0.909. The first-order chi connectivity index (χ1) is 11.5. The molecule has 1 aromatic carbocycles. The van der Waals surface area contributed by atoms with Gasteiger partial charge in [-0.25, -0.2) is 0 Å². The van der Waals surface area contributed by atoms with Crippen molar-refractivity contribution in [3.63, 3.8) is 0 Å². The van der Waals surface area contributed by atoms with Crippen molar-refractivity contribution in [3.05, 3.63) is 33.6 Å². The molecule has 24 heavy (non-hydrogen) atoms. The number of nitrogens with one attached hydrogen (secondary N) is 1. The molecule has 0 fully saturated rings. The standard InChI is InChI=1S/C16H14N4O4/c1-22-11-5-13(24-3)12(23-2)4-8(11)14-9(6-17)15(19)20-16(21)10(14)7-18/h4-5H,1-3H3,(H3,19,20,21). The summed E-state index contributed by atoms with van der Waals surface area (Å²) < 4.78 is 15.8. The number of hydrogen-bond acceptors (Lipinski definition) is 7. The zero-order chi connectivity index (χ0) is 17.9. The highest BCUT2D eigenvalue weighted by molar-refractivity contribution is 5.85. The quantitative estimate of drug-likeness (QED) is 0.867. The molecule has 0 amide bonds. The van der Waals surface area contributed by atoms with Gasteiger partial charge in [0.05, 0.1) is 21.3 Å². The van der Waals surface area contributed by atoms with Crippen LogP contribution in [-0.4, -0.2) is 26.3 Å². The Morgan fingerprint density at radius 1 is 0.958 bits per heavy atom. The molecule has 0 spiro atoms. The molecule has 0 aliphatic rings. The summed E-state index contributed by atoms with van der Waals surface area (Å²) in [5.41, 5.74) is 5.16. The Bertz CT molecular complexity index is 935. The number of nitrogens with two attached hydrogens (primary N) is 1. The van der Waals surface area contributed by atoms with Crippen molar-refractivity contribution in [1.29, 1.82) is 10.5 Å². The van der Waals surface area contributed by atoms with Crippen LogP contribution in [0.3, 0.4) is 0 Å². The lowest BCUT2D eigenvalue weighted by molar-refractivity contribution is 0.349. The van der Waals surface area contributed by atoms with Crippen LogP contribution < -0.4 is 25.5 Å². The molecule has 122 valence electrons. The minimum atomic E-state index is -0.694. The second kappa shape index (κ2) is 6.63. The highest BCUT2D eigenvalue weighted by atomic mass is 16.5. The van der Waals surface area contributed by atoms with E-state index in [1.165, 1.54) is 33.5 Å². The van der Waals surface area contributed by atoms with Gasteiger partial charge in [-0.15, -0.1) is 0 Å². The van der Waals surface area contributed by atoms with E-state index in [1.54, 1.807) is 6.07 Å². The van der Waals surface area contributed by atoms with E-state index < -0.39 is 5.56 Å². The number of H-pyrrole nitrogens is 1. The van der Waals surface area contributed by atoms with Crippen LogP contribution in [0.25, 0.3) is 11.1 Å². The van der Waals surface area contributed by atoms with Crippen molar-refractivity contribution in [2.75, 3.05) is 27.1 Å². The van der Waals surface area contributed by atoms with Crippen LogP contribution in [0.1, 0.15) is 11.1 Å². The van der Waals surface area contributed by atoms with E-state index in [9.17, 15) is 15.3 Å². The molecule has 0 aliphatic heterocycles. The molecule has 1 heterocycles. The zero-order valence-corrected chi connectivity index (χ0v) is 13.3. The minimum Gasteiger partial charge on any atom is -0.496 e. The Kier molecular flexibility index (Phi) is 4.62. The Balaban J connectivity index is 2.99. The summed E-state index contributed by atoms with van der Waals surface area (Å²) >= 11 is 0. The Morgan fingerprint density at radius 2 is 1.50 bits per heavy atom. The Labute approximate surface area is 137 Å². The van der Waals surface area contributed by atoms with Gasteiger partial charge in [-0.2, -0.15) is 10.5 Å². The first kappa shape index (κ1) is 16.7. The van der Waals surface area contributed by atoms with Crippen LogP contribution in [0.2, 0.25) is 0 Å². The van der Waals surface area contributed by atoms with E-state index in [0.717, 1.165) is 0 Å². The molecule has 0 radical (unpaired) electrons. The van der Waals surface area contributed by atoms with Gasteiger partial charge in [0.15, 0.2) is 11.5 Å². The van der Waals surface area contributed by atoms with Crippen molar-refractivity contribution in [2.24, 2.45) is 0 Å². The van der Waals surface area contributed by atoms with E-state index in [0.29, 0.717) is 22.8 Å². The van der Waals surface area contributed by atoms with Gasteiger partial charge in [0, 0.05) is 17.2 Å². The normalized spacial score (nSPS) is 9.71. The first-order valence-corrected chi connectivity index (χ1v) is 6.68. The number of hydrogen-bond donors (Lipinski definition) is 2. The summed E-state index contributed by atoms with van der Waals surface area (Å²) in [5, 5.41) is 18.7. The summed E-state index contributed by atoms with van der Waals surface area (Å²) in [6.07, 6.45) is 0. The summed E-state index contributed by atoms with van der Waals surface area (Å²) in [6, 6.07) is 6.77. The van der Waals surface area contributed by atoms with Crippen molar-refractivity contribution < 1.29 is 14.2 Å². The van der Waals surface area contributed by atoms with Gasteiger partial charge in [-0.05, 0) is 6.07 Å². The number of nitriles is 2. The highest BCUT2D eigenvalue weighted by Crippen LogP contribution is 2.42. The number of ether oxygens (including phenoxy) is 3. The van der Waals surface area contributed by atoms with Crippen LogP contribution >= 0.6 is 0 Å². The lowest BCUT2D eigenvalue weighted by Gasteiger charge is -2.16. The topological polar surface area (TPSA) is 134 Å². The van der Waals surface area contributed by atoms with Gasteiger partial charge >= 0.3 is 0 Å². The van der Waals surface area contributed by atoms with Crippen LogP contribution in [0.4, 0.5) is 5.82 Å². The monoisotopic (exact) mass is 326 g/mol. The van der Waals surface area contributed by atoms with E-state index in [1.807, 2.05) is 6.07 Å². The molecule has 0 unspecified atom stereocenters. The first-order valence-electron chi connectivity index (χ1n) is 6.68. The Hall–Kier alpha value is -3.65. The van der Waals surface area contributed by atoms with Gasteiger partial charge in [0.2, 0.25) is 0 Å². The highest BCUT2D eigenvalue weighted by Gasteiger charge is 2.23. The number of pyridine rings is 1. The number of aromatic amines is 1. The van der Waals surface area contributed by atoms with Crippen molar-refractivity contribution in [1.82, 2.24) is 4.98 Å². The van der Waals surface area contributed by atoms with E-state index in [-0.39, 0.29) is 22.5 Å². The number of anilines is 1. The molecule has 0 aliphatic carbocycles. The fourth-order valence-corrected chi connectivity index (χ4v) is 2.34. The van der Waals surface area contributed by atoms with Crippen molar-refractivity contribution >= 4 is 5.82 Å². The van der Waals surface area contributed by atoms with Gasteiger partial charge in [0.25, 0.3) is 5.56 Å². The molecular formula is C16H14N4O4. The number of benzene rings is 1. The molecule has 8 nitrogen and oxygen atoms in total. The number of nitrogen functional groups attached to an aromatic ring is 1. The van der Waals surface area contributed by atoms with Gasteiger partial charge in [0.1, 0.15) is 34.8 Å². The molecule has 3 N–H and O–H groups in total. The van der Waals surface area contributed by atoms with Gasteiger partial charge < -0.3 is 24.9 Å². The minimum absolute atomic E-state index is 0.0309. The third kappa shape index (κ3) is 2.57. The molecule has 0 saturated carbocycles. The third-order valence-corrected chi connectivity index (χ3v) is 3.44. The maximum Gasteiger partial charge on any atom is 0.268 e. The lowest BCUT2D eigenvalue weighted by Crippen LogP contribution is -2.16. The lowest BCUT2D eigenvalue weighted by atomic mass is 9.95. The molecule has 0 bridgehead atoms. The van der Waals surface area contributed by atoms with Crippen molar-refractivity contribution in [3.8, 4) is 40.5 Å². The van der Waals surface area contributed by atoms with Crippen LogP contribution in [0, 0.1) is 22.7 Å². The summed E-state index contributed by atoms with van der Waals surface area (Å²) in [4.78, 5) is 14.3. The molecular weight excluding hydrogens is 312 g/mol. The van der Waals surface area contributed by atoms with Gasteiger partial charge in [-0.3, -0.25) is 4.79 Å². The SMILES string of the molecule is COc1cc(OC)c(-c2c(C#N)c(N)[nH]c(=O)c2C#N)cc1OC. The summed E-state index contributed by atoms with van der Waals surface area (Å²) in [7, 11) is 4.32. The number of methoxy groups -OCH3 is 3. The second-order valence-corrected chi connectivity index (χ2v) is 4.62. The fourth-order valence-electron chi connectivity index (χ4n) is 2.34. The molecule has 8 heteroatoms. The Morgan fingerprint density at radius 3 is 2.00 bits per heavy atom. The third-order valence-electron chi connectivity index (χ3n) is 3.44. The maximum atomic E-state index is 12.0. The summed E-state index contributed by atoms with van der Waals surface area (Å²) in [6.45, 7) is 0.